The SMILES string of the molecule is COc1ccc(COc2coc(CN)cc2=O)cc1. The minimum absolute atomic E-state index is 0.174. The van der Waals surface area contributed by atoms with E-state index < -0.39 is 0 Å². The zero-order chi connectivity index (χ0) is 13.7. The molecule has 0 spiro atoms. The molecule has 0 bridgehead atoms. The van der Waals surface area contributed by atoms with E-state index in [0.29, 0.717) is 5.76 Å². The number of nitrogens with two attached hydrogens (primary N) is 1. The lowest BCUT2D eigenvalue weighted by Gasteiger charge is -2.06. The van der Waals surface area contributed by atoms with Crippen molar-refractivity contribution in [2.45, 2.75) is 13.2 Å². The highest BCUT2D eigenvalue weighted by Crippen LogP contribution is 2.13. The van der Waals surface area contributed by atoms with Crippen molar-refractivity contribution in [1.29, 1.82) is 0 Å². The van der Waals surface area contributed by atoms with Gasteiger partial charge in [0.05, 0.1) is 13.7 Å². The minimum atomic E-state index is -0.236. The topological polar surface area (TPSA) is 74.7 Å². The third-order valence-corrected chi connectivity index (χ3v) is 2.61. The highest BCUT2D eigenvalue weighted by molar-refractivity contribution is 5.27. The third-order valence-electron chi connectivity index (χ3n) is 2.61. The maximum atomic E-state index is 11.7. The molecule has 0 aliphatic carbocycles. The molecule has 0 aliphatic heterocycles. The summed E-state index contributed by atoms with van der Waals surface area (Å²) in [5, 5.41) is 0. The monoisotopic (exact) mass is 261 g/mol. The minimum Gasteiger partial charge on any atom is -0.497 e. The van der Waals surface area contributed by atoms with E-state index in [1.807, 2.05) is 24.3 Å². The lowest BCUT2D eigenvalue weighted by Crippen LogP contribution is -2.09. The van der Waals surface area contributed by atoms with Gasteiger partial charge in [0, 0.05) is 6.07 Å². The number of rotatable bonds is 5. The van der Waals surface area contributed by atoms with Crippen molar-refractivity contribution < 1.29 is 13.9 Å². The maximum Gasteiger partial charge on any atom is 0.227 e. The van der Waals surface area contributed by atoms with Crippen LogP contribution in [0.2, 0.25) is 0 Å². The summed E-state index contributed by atoms with van der Waals surface area (Å²) in [6.45, 7) is 0.477. The van der Waals surface area contributed by atoms with Gasteiger partial charge in [-0.25, -0.2) is 0 Å². The summed E-state index contributed by atoms with van der Waals surface area (Å²) in [6.07, 6.45) is 1.29. The standard InChI is InChI=1S/C14H15NO4/c1-17-11-4-2-10(3-5-11)8-19-14-9-18-12(7-15)6-13(14)16/h2-6,9H,7-8,15H2,1H3. The molecule has 1 aromatic heterocycles. The molecule has 0 saturated heterocycles. The number of methoxy groups -OCH3 is 1. The second kappa shape index (κ2) is 6.06. The van der Waals surface area contributed by atoms with Crippen LogP contribution >= 0.6 is 0 Å². The van der Waals surface area contributed by atoms with Crippen molar-refractivity contribution in [1.82, 2.24) is 0 Å². The van der Waals surface area contributed by atoms with Crippen molar-refractivity contribution in [2.24, 2.45) is 5.73 Å². The van der Waals surface area contributed by atoms with E-state index in [0.717, 1.165) is 11.3 Å². The van der Waals surface area contributed by atoms with Gasteiger partial charge >= 0.3 is 0 Å². The van der Waals surface area contributed by atoms with Crippen LogP contribution in [0.15, 0.2) is 45.8 Å². The Morgan fingerprint density at radius 2 is 2.00 bits per heavy atom. The van der Waals surface area contributed by atoms with Crippen LogP contribution in [-0.4, -0.2) is 7.11 Å². The molecule has 19 heavy (non-hydrogen) atoms. The van der Waals surface area contributed by atoms with Gasteiger partial charge in [0.25, 0.3) is 0 Å². The van der Waals surface area contributed by atoms with Crippen LogP contribution < -0.4 is 20.6 Å². The van der Waals surface area contributed by atoms with Crippen LogP contribution in [0.1, 0.15) is 11.3 Å². The molecule has 1 aromatic carbocycles. The Hall–Kier alpha value is -2.27. The van der Waals surface area contributed by atoms with Gasteiger partial charge in [-0.2, -0.15) is 0 Å². The molecule has 100 valence electrons. The predicted octanol–water partition coefficient (Wildman–Crippen LogP) is 1.69. The zero-order valence-corrected chi connectivity index (χ0v) is 10.6. The van der Waals surface area contributed by atoms with E-state index in [2.05, 4.69) is 0 Å². The summed E-state index contributed by atoms with van der Waals surface area (Å²) in [5.41, 5.74) is 6.07. The fraction of sp³-hybridized carbons (Fsp3) is 0.214. The molecule has 0 amide bonds. The van der Waals surface area contributed by atoms with E-state index >= 15 is 0 Å². The summed E-state index contributed by atoms with van der Waals surface area (Å²) in [5.74, 6) is 1.38. The summed E-state index contributed by atoms with van der Waals surface area (Å²) in [4.78, 5) is 11.7. The normalized spacial score (nSPS) is 10.2. The van der Waals surface area contributed by atoms with Crippen molar-refractivity contribution in [3.05, 3.63) is 58.1 Å². The number of benzene rings is 1. The third kappa shape index (κ3) is 3.35. The van der Waals surface area contributed by atoms with Gasteiger partial charge < -0.3 is 19.6 Å². The van der Waals surface area contributed by atoms with Crippen molar-refractivity contribution in [2.75, 3.05) is 7.11 Å². The fourth-order valence-electron chi connectivity index (χ4n) is 1.53. The number of hydrogen-bond donors (Lipinski definition) is 1. The van der Waals surface area contributed by atoms with Crippen LogP contribution in [0.3, 0.4) is 0 Å². The molecular formula is C14H15NO4. The molecule has 0 saturated carbocycles. The Morgan fingerprint density at radius 3 is 2.58 bits per heavy atom. The van der Waals surface area contributed by atoms with E-state index in [4.69, 9.17) is 19.6 Å². The smallest absolute Gasteiger partial charge is 0.227 e. The molecule has 0 radical (unpaired) electrons. The van der Waals surface area contributed by atoms with Gasteiger partial charge in [0.2, 0.25) is 11.2 Å². The van der Waals surface area contributed by atoms with Crippen LogP contribution in [-0.2, 0) is 13.2 Å². The molecule has 5 nitrogen and oxygen atoms in total. The average molecular weight is 261 g/mol. The molecule has 2 rings (SSSR count). The van der Waals surface area contributed by atoms with Crippen LogP contribution in [0, 0.1) is 0 Å². The van der Waals surface area contributed by atoms with E-state index in [9.17, 15) is 4.79 Å². The summed E-state index contributed by atoms with van der Waals surface area (Å²) >= 11 is 0. The Morgan fingerprint density at radius 1 is 1.26 bits per heavy atom. The maximum absolute atomic E-state index is 11.7. The lowest BCUT2D eigenvalue weighted by molar-refractivity contribution is 0.289. The summed E-state index contributed by atoms with van der Waals surface area (Å²) in [6, 6.07) is 8.74. The first-order valence-corrected chi connectivity index (χ1v) is 5.80. The molecular weight excluding hydrogens is 246 g/mol. The zero-order valence-electron chi connectivity index (χ0n) is 10.6. The molecule has 5 heteroatoms. The first-order chi connectivity index (χ1) is 9.22. The van der Waals surface area contributed by atoms with Gasteiger partial charge in [-0.15, -0.1) is 0 Å². The fourth-order valence-corrected chi connectivity index (χ4v) is 1.53. The van der Waals surface area contributed by atoms with E-state index in [1.54, 1.807) is 7.11 Å². The lowest BCUT2D eigenvalue weighted by atomic mass is 10.2. The highest BCUT2D eigenvalue weighted by Gasteiger charge is 2.04. The first kappa shape index (κ1) is 13.2. The summed E-state index contributed by atoms with van der Waals surface area (Å²) in [7, 11) is 1.61. The molecule has 0 atom stereocenters. The Bertz CT molecular complexity index is 589. The molecule has 0 aliphatic rings. The molecule has 0 fully saturated rings. The van der Waals surface area contributed by atoms with Crippen LogP contribution in [0.4, 0.5) is 0 Å². The molecule has 0 unspecified atom stereocenters. The largest absolute Gasteiger partial charge is 0.497 e. The highest BCUT2D eigenvalue weighted by atomic mass is 16.5. The number of hydrogen-bond acceptors (Lipinski definition) is 5. The predicted molar refractivity (Wildman–Crippen MR) is 70.2 cm³/mol. The Kier molecular flexibility index (Phi) is 4.20. The number of ether oxygens (including phenoxy) is 2. The second-order valence-corrected chi connectivity index (χ2v) is 3.92. The van der Waals surface area contributed by atoms with E-state index in [-0.39, 0.29) is 24.3 Å². The van der Waals surface area contributed by atoms with Crippen molar-refractivity contribution >= 4 is 0 Å². The van der Waals surface area contributed by atoms with Gasteiger partial charge in [-0.1, -0.05) is 12.1 Å². The van der Waals surface area contributed by atoms with Crippen LogP contribution in [0.5, 0.6) is 11.5 Å². The molecule has 2 aromatic rings. The Balaban J connectivity index is 2.03. The second-order valence-electron chi connectivity index (χ2n) is 3.92. The first-order valence-electron chi connectivity index (χ1n) is 5.80. The van der Waals surface area contributed by atoms with Crippen LogP contribution in [0.25, 0.3) is 0 Å². The van der Waals surface area contributed by atoms with Gasteiger partial charge in [-0.3, -0.25) is 4.79 Å². The van der Waals surface area contributed by atoms with Gasteiger partial charge in [0.1, 0.15) is 24.4 Å². The average Bonchev–Trinajstić information content (AvgIpc) is 2.46. The molecule has 2 N–H and O–H groups in total. The van der Waals surface area contributed by atoms with Gasteiger partial charge in [-0.05, 0) is 17.7 Å². The summed E-state index contributed by atoms with van der Waals surface area (Å²) < 4.78 is 15.6. The van der Waals surface area contributed by atoms with E-state index in [1.165, 1.54) is 12.3 Å². The quantitative estimate of drug-likeness (QED) is 0.886. The van der Waals surface area contributed by atoms with Gasteiger partial charge in [0.15, 0.2) is 0 Å². The molecule has 1 heterocycles. The Labute approximate surface area is 110 Å². The van der Waals surface area contributed by atoms with Crippen molar-refractivity contribution in [3.63, 3.8) is 0 Å². The van der Waals surface area contributed by atoms with Crippen molar-refractivity contribution in [3.8, 4) is 11.5 Å².